The predicted molar refractivity (Wildman–Crippen MR) is 279 cm³/mol. The Bertz CT molecular complexity index is 4230. The number of hydrogen-bond acceptors (Lipinski definition) is 1. The summed E-state index contributed by atoms with van der Waals surface area (Å²) in [6.45, 7) is 4.93. The number of thiophene rings is 1. The molecule has 2 heteroatoms. The molecule has 0 unspecified atom stereocenters. The Hall–Kier alpha value is -7.78. The maximum Gasteiger partial charge on any atom is 0.0594 e. The highest BCUT2D eigenvalue weighted by Crippen LogP contribution is 2.58. The quantitative estimate of drug-likeness (QED) is 0.167. The van der Waals surface area contributed by atoms with Crippen LogP contribution in [-0.2, 0) is 5.41 Å². The summed E-state index contributed by atoms with van der Waals surface area (Å²) < 4.78 is 5.29. The van der Waals surface area contributed by atoms with E-state index in [9.17, 15) is 0 Å². The highest BCUT2D eigenvalue weighted by Gasteiger charge is 2.41. The minimum absolute atomic E-state index is 0.311. The van der Waals surface area contributed by atoms with Crippen molar-refractivity contribution >= 4 is 85.6 Å². The lowest BCUT2D eigenvalue weighted by Crippen LogP contribution is -2.17. The van der Waals surface area contributed by atoms with E-state index in [-0.39, 0.29) is 5.41 Å². The van der Waals surface area contributed by atoms with Crippen molar-refractivity contribution in [1.29, 1.82) is 0 Å². The van der Waals surface area contributed by atoms with Gasteiger partial charge in [-0.15, -0.1) is 11.3 Å². The van der Waals surface area contributed by atoms with E-state index >= 15 is 0 Å². The molecule has 0 saturated carbocycles. The molecule has 0 N–H and O–H groups in total. The highest BCUT2D eigenvalue weighted by atomic mass is 32.1. The van der Waals surface area contributed by atoms with E-state index in [0.717, 1.165) is 0 Å². The molecule has 15 rings (SSSR count). The highest BCUT2D eigenvalue weighted by molar-refractivity contribution is 7.25. The number of hydrogen-bond donors (Lipinski definition) is 0. The fourth-order valence-corrected chi connectivity index (χ4v) is 13.3. The molecule has 13 aromatic rings. The van der Waals surface area contributed by atoms with Crippen LogP contribution in [0.3, 0.4) is 0 Å². The molecule has 65 heavy (non-hydrogen) atoms. The fourth-order valence-electron chi connectivity index (χ4n) is 12.2. The van der Waals surface area contributed by atoms with Gasteiger partial charge in [-0.1, -0.05) is 172 Å². The molecular weight excluding hydrogens is 803 g/mol. The largest absolute Gasteiger partial charge is 0.308 e. The molecule has 0 fully saturated rings. The Balaban J connectivity index is 1.02. The first kappa shape index (κ1) is 35.7. The van der Waals surface area contributed by atoms with Gasteiger partial charge in [0.2, 0.25) is 0 Å². The third-order valence-electron chi connectivity index (χ3n) is 15.1. The van der Waals surface area contributed by atoms with E-state index in [2.05, 4.69) is 219 Å². The summed E-state index contributed by atoms with van der Waals surface area (Å²) in [5.41, 5.74) is 19.2. The number of aromatic nitrogens is 1. The van der Waals surface area contributed by atoms with Crippen molar-refractivity contribution in [2.24, 2.45) is 0 Å². The summed E-state index contributed by atoms with van der Waals surface area (Å²) in [7, 11) is 0. The molecule has 2 aliphatic rings. The zero-order valence-electron chi connectivity index (χ0n) is 35.9. The summed E-state index contributed by atoms with van der Waals surface area (Å²) in [5.74, 6) is 0. The van der Waals surface area contributed by atoms with Crippen LogP contribution in [0, 0.1) is 0 Å². The fraction of sp³-hybridized carbons (Fsp3) is 0.0476. The number of benzene rings is 11. The van der Waals surface area contributed by atoms with Crippen LogP contribution in [0.5, 0.6) is 0 Å². The molecule has 0 radical (unpaired) electrons. The first-order chi connectivity index (χ1) is 32.0. The standard InChI is InChI=1S/C63H39NS/c1-63(2)53-35-38(37-27-32-57-51(33-37)44-18-9-10-24-56(44)65-57)25-28-50(53)59-47-19-7-8-20-48(47)60-52-34-39(40-29-30-49-43-17-6-5-16-42(43)46-22-12-21-45(40)58(46)49)26-31-55(52)64(62(60)61(59)63)54-23-11-14-36-13-3-4-15-41(36)54/h3-35H,1-2H3. The van der Waals surface area contributed by atoms with Gasteiger partial charge < -0.3 is 4.57 Å². The summed E-state index contributed by atoms with van der Waals surface area (Å²) in [6, 6.07) is 75.7. The average Bonchev–Trinajstić information content (AvgIpc) is 4.07. The molecule has 2 heterocycles. The van der Waals surface area contributed by atoms with Crippen LogP contribution < -0.4 is 0 Å². The van der Waals surface area contributed by atoms with Crippen LogP contribution >= 0.6 is 11.3 Å². The Kier molecular flexibility index (Phi) is 6.96. The molecular formula is C63H39NS. The maximum atomic E-state index is 2.62. The van der Waals surface area contributed by atoms with Crippen LogP contribution in [0.1, 0.15) is 25.0 Å². The minimum atomic E-state index is -0.311. The van der Waals surface area contributed by atoms with Crippen LogP contribution in [0.4, 0.5) is 0 Å². The summed E-state index contributed by atoms with van der Waals surface area (Å²) >= 11 is 1.88. The lowest BCUT2D eigenvalue weighted by Gasteiger charge is -2.25. The van der Waals surface area contributed by atoms with Crippen molar-refractivity contribution in [2.75, 3.05) is 0 Å². The number of rotatable bonds is 3. The zero-order chi connectivity index (χ0) is 42.7. The monoisotopic (exact) mass is 841 g/mol. The van der Waals surface area contributed by atoms with Gasteiger partial charge in [-0.3, -0.25) is 0 Å². The molecule has 11 aromatic carbocycles. The molecule has 0 spiro atoms. The van der Waals surface area contributed by atoms with E-state index in [1.807, 2.05) is 11.3 Å². The van der Waals surface area contributed by atoms with E-state index in [1.54, 1.807) is 0 Å². The molecule has 2 aliphatic carbocycles. The van der Waals surface area contributed by atoms with Gasteiger partial charge in [-0.2, -0.15) is 0 Å². The molecule has 1 nitrogen and oxygen atoms in total. The van der Waals surface area contributed by atoms with Crippen molar-refractivity contribution in [3.05, 3.63) is 211 Å². The van der Waals surface area contributed by atoms with E-state index in [1.165, 1.54) is 147 Å². The molecule has 0 atom stereocenters. The van der Waals surface area contributed by atoms with Crippen LogP contribution in [0.15, 0.2) is 200 Å². The van der Waals surface area contributed by atoms with Crippen molar-refractivity contribution in [1.82, 2.24) is 4.57 Å². The average molecular weight is 842 g/mol. The van der Waals surface area contributed by atoms with Gasteiger partial charge in [-0.05, 0) is 136 Å². The van der Waals surface area contributed by atoms with Crippen LogP contribution in [-0.4, -0.2) is 4.57 Å². The normalized spacial score (nSPS) is 13.5. The Morgan fingerprint density at radius 3 is 1.86 bits per heavy atom. The SMILES string of the molecule is CC1(C)c2cc(-c3ccc4sc5ccccc5c4c3)ccc2-c2c1c1c(c3ccccc23)c2cc(-c3ccc4c5c(cccc35)-c3ccccc3-4)ccc2n1-c1cccc2ccccc12. The lowest BCUT2D eigenvalue weighted by molar-refractivity contribution is 0.664. The predicted octanol–water partition coefficient (Wildman–Crippen LogP) is 17.9. The zero-order valence-corrected chi connectivity index (χ0v) is 36.7. The van der Waals surface area contributed by atoms with Crippen molar-refractivity contribution < 1.29 is 0 Å². The van der Waals surface area contributed by atoms with Gasteiger partial charge >= 0.3 is 0 Å². The summed E-state index contributed by atoms with van der Waals surface area (Å²) in [4.78, 5) is 0. The second kappa shape index (κ2) is 12.7. The number of fused-ring (bicyclic) bond motifs is 17. The van der Waals surface area contributed by atoms with Crippen LogP contribution in [0.25, 0.3) is 136 Å². The van der Waals surface area contributed by atoms with E-state index < -0.39 is 0 Å². The van der Waals surface area contributed by atoms with Crippen LogP contribution in [0.2, 0.25) is 0 Å². The van der Waals surface area contributed by atoms with Gasteiger partial charge in [0.25, 0.3) is 0 Å². The summed E-state index contributed by atoms with van der Waals surface area (Å²) in [6.07, 6.45) is 0. The first-order valence-corrected chi connectivity index (χ1v) is 23.6. The van der Waals surface area contributed by atoms with Crippen molar-refractivity contribution in [3.63, 3.8) is 0 Å². The van der Waals surface area contributed by atoms with Gasteiger partial charge in [0.1, 0.15) is 0 Å². The smallest absolute Gasteiger partial charge is 0.0594 e. The molecule has 0 aliphatic heterocycles. The Labute approximate surface area is 380 Å². The summed E-state index contributed by atoms with van der Waals surface area (Å²) in [5, 5.41) is 13.0. The third kappa shape index (κ3) is 4.67. The van der Waals surface area contributed by atoms with E-state index in [4.69, 9.17) is 0 Å². The van der Waals surface area contributed by atoms with Gasteiger partial charge in [0, 0.05) is 41.7 Å². The molecule has 302 valence electrons. The van der Waals surface area contributed by atoms with Gasteiger partial charge in [0.15, 0.2) is 0 Å². The van der Waals surface area contributed by atoms with E-state index in [0.29, 0.717) is 0 Å². The number of nitrogens with zero attached hydrogens (tertiary/aromatic N) is 1. The van der Waals surface area contributed by atoms with Gasteiger partial charge in [-0.25, -0.2) is 0 Å². The molecule has 2 aromatic heterocycles. The second-order valence-electron chi connectivity index (χ2n) is 18.7. The molecule has 0 saturated heterocycles. The van der Waals surface area contributed by atoms with Crippen molar-refractivity contribution in [3.8, 4) is 61.3 Å². The lowest BCUT2D eigenvalue weighted by atomic mass is 9.80. The van der Waals surface area contributed by atoms with Gasteiger partial charge in [0.05, 0.1) is 16.7 Å². The first-order valence-electron chi connectivity index (χ1n) is 22.8. The third-order valence-corrected chi connectivity index (χ3v) is 16.2. The Morgan fingerprint density at radius 2 is 0.985 bits per heavy atom. The second-order valence-corrected chi connectivity index (χ2v) is 19.8. The molecule has 0 bridgehead atoms. The topological polar surface area (TPSA) is 4.93 Å². The minimum Gasteiger partial charge on any atom is -0.308 e. The maximum absolute atomic E-state index is 2.62. The Morgan fingerprint density at radius 1 is 0.385 bits per heavy atom. The molecule has 0 amide bonds. The van der Waals surface area contributed by atoms with Crippen molar-refractivity contribution in [2.45, 2.75) is 19.3 Å².